The second-order valence-corrected chi connectivity index (χ2v) is 7.49. The zero-order valence-electron chi connectivity index (χ0n) is 15.2. The molecule has 0 atom stereocenters. The Balaban J connectivity index is 1.66. The second-order valence-electron chi connectivity index (χ2n) is 7.49. The molecule has 6 nitrogen and oxygen atoms in total. The summed E-state index contributed by atoms with van der Waals surface area (Å²) >= 11 is 0. The molecule has 1 aliphatic heterocycles. The van der Waals surface area contributed by atoms with Gasteiger partial charge in [-0.15, -0.1) is 0 Å². The monoisotopic (exact) mass is 350 g/mol. The Morgan fingerprint density at radius 1 is 1.23 bits per heavy atom. The summed E-state index contributed by atoms with van der Waals surface area (Å²) in [4.78, 5) is 11.8. The van der Waals surface area contributed by atoms with Gasteiger partial charge in [0, 0.05) is 23.4 Å². The Morgan fingerprint density at radius 2 is 2.00 bits per heavy atom. The molecule has 4 rings (SSSR count). The highest BCUT2D eigenvalue weighted by molar-refractivity contribution is 6.23. The van der Waals surface area contributed by atoms with E-state index in [1.807, 2.05) is 0 Å². The van der Waals surface area contributed by atoms with Gasteiger partial charge < -0.3 is 15.7 Å². The predicted octanol–water partition coefficient (Wildman–Crippen LogP) is 2.67. The van der Waals surface area contributed by atoms with Gasteiger partial charge in [-0.05, 0) is 69.4 Å². The molecule has 1 aliphatic carbocycles. The van der Waals surface area contributed by atoms with E-state index in [9.17, 15) is 0 Å². The maximum absolute atomic E-state index is 8.40. The van der Waals surface area contributed by atoms with Crippen molar-refractivity contribution in [1.29, 1.82) is 5.41 Å². The fourth-order valence-electron chi connectivity index (χ4n) is 3.72. The molecule has 4 N–H and O–H groups in total. The average Bonchev–Trinajstić information content (AvgIpc) is 3.50. The Labute approximate surface area is 154 Å². The molecule has 1 aromatic carbocycles. The molecule has 0 unspecified atom stereocenters. The minimum atomic E-state index is 0.331. The van der Waals surface area contributed by atoms with Gasteiger partial charge in [0.2, 0.25) is 0 Å². The van der Waals surface area contributed by atoms with Gasteiger partial charge in [0.05, 0.1) is 22.9 Å². The van der Waals surface area contributed by atoms with Gasteiger partial charge in [0.1, 0.15) is 0 Å². The van der Waals surface area contributed by atoms with E-state index in [-0.39, 0.29) is 0 Å². The standard InChI is InChI=1S/C20H26N6/c1-26-8-6-13(7-9-26)15-4-5-17-18(10-15)25-19(12-23-17)16(11-24-22)20(21)14-2-3-14/h4-5,10-14,21,24H,2-3,6-9,22H2,1H3/b16-11-,21-20?. The van der Waals surface area contributed by atoms with Crippen molar-refractivity contribution >= 4 is 22.3 Å². The average molecular weight is 350 g/mol. The summed E-state index contributed by atoms with van der Waals surface area (Å²) in [7, 11) is 2.18. The molecule has 2 aliphatic rings. The maximum Gasteiger partial charge on any atom is 0.0926 e. The largest absolute Gasteiger partial charge is 0.331 e. The smallest absolute Gasteiger partial charge is 0.0926 e. The van der Waals surface area contributed by atoms with Gasteiger partial charge in [-0.3, -0.25) is 10.8 Å². The molecule has 1 saturated heterocycles. The van der Waals surface area contributed by atoms with Crippen LogP contribution >= 0.6 is 0 Å². The fourth-order valence-corrected chi connectivity index (χ4v) is 3.72. The minimum absolute atomic E-state index is 0.331. The van der Waals surface area contributed by atoms with Gasteiger partial charge >= 0.3 is 0 Å². The van der Waals surface area contributed by atoms with Gasteiger partial charge in [-0.25, -0.2) is 4.98 Å². The molecule has 26 heavy (non-hydrogen) atoms. The maximum atomic E-state index is 8.40. The third kappa shape index (κ3) is 3.48. The fraction of sp³-hybridized carbons (Fsp3) is 0.450. The topological polar surface area (TPSA) is 90.9 Å². The van der Waals surface area contributed by atoms with Gasteiger partial charge in [-0.1, -0.05) is 6.07 Å². The van der Waals surface area contributed by atoms with Gasteiger partial charge in [0.15, 0.2) is 0 Å². The lowest BCUT2D eigenvalue weighted by atomic mass is 9.89. The van der Waals surface area contributed by atoms with Gasteiger partial charge in [-0.2, -0.15) is 0 Å². The first-order valence-corrected chi connectivity index (χ1v) is 9.36. The lowest BCUT2D eigenvalue weighted by Crippen LogP contribution is -2.29. The van der Waals surface area contributed by atoms with Crippen LogP contribution in [0.2, 0.25) is 0 Å². The minimum Gasteiger partial charge on any atom is -0.331 e. The number of benzene rings is 1. The van der Waals surface area contributed by atoms with Crippen molar-refractivity contribution < 1.29 is 0 Å². The number of hydrogen-bond donors (Lipinski definition) is 3. The number of piperidine rings is 1. The van der Waals surface area contributed by atoms with Crippen LogP contribution in [0.15, 0.2) is 30.6 Å². The van der Waals surface area contributed by atoms with Crippen LogP contribution in [-0.2, 0) is 0 Å². The lowest BCUT2D eigenvalue weighted by molar-refractivity contribution is 0.255. The molecule has 1 saturated carbocycles. The number of rotatable bonds is 5. The molecule has 136 valence electrons. The van der Waals surface area contributed by atoms with Crippen molar-refractivity contribution in [2.45, 2.75) is 31.6 Å². The van der Waals surface area contributed by atoms with Crippen LogP contribution < -0.4 is 11.3 Å². The number of aromatic nitrogens is 2. The number of allylic oxidation sites excluding steroid dienone is 1. The third-order valence-corrected chi connectivity index (χ3v) is 5.54. The first-order valence-electron chi connectivity index (χ1n) is 9.36. The number of fused-ring (bicyclic) bond motifs is 1. The molecular weight excluding hydrogens is 324 g/mol. The summed E-state index contributed by atoms with van der Waals surface area (Å²) in [5.74, 6) is 6.42. The number of likely N-dealkylation sites (tertiary alicyclic amines) is 1. The molecular formula is C20H26N6. The summed E-state index contributed by atoms with van der Waals surface area (Å²) in [6, 6.07) is 6.43. The molecule has 6 heteroatoms. The molecule has 0 radical (unpaired) electrons. The van der Waals surface area contributed by atoms with Crippen LogP contribution in [0.25, 0.3) is 16.6 Å². The van der Waals surface area contributed by atoms with Crippen molar-refractivity contribution in [3.8, 4) is 0 Å². The SMILES string of the molecule is CN1CCC(c2ccc3ncc(/C(=C/NN)C(=N)C4CC4)nc3c2)CC1. The lowest BCUT2D eigenvalue weighted by Gasteiger charge is -2.29. The van der Waals surface area contributed by atoms with Crippen LogP contribution in [-0.4, -0.2) is 40.7 Å². The number of hydrazine groups is 1. The van der Waals surface area contributed by atoms with E-state index >= 15 is 0 Å². The van der Waals surface area contributed by atoms with Crippen LogP contribution in [0.4, 0.5) is 0 Å². The van der Waals surface area contributed by atoms with E-state index in [1.165, 1.54) is 18.4 Å². The normalized spacial score (nSPS) is 19.7. The zero-order chi connectivity index (χ0) is 18.1. The molecule has 2 heterocycles. The van der Waals surface area contributed by atoms with Crippen molar-refractivity contribution in [2.24, 2.45) is 11.8 Å². The van der Waals surface area contributed by atoms with E-state index in [1.54, 1.807) is 12.4 Å². The number of nitrogens with one attached hydrogen (secondary N) is 2. The first-order chi connectivity index (χ1) is 12.7. The van der Waals surface area contributed by atoms with Crippen LogP contribution in [0.1, 0.15) is 42.9 Å². The molecule has 0 amide bonds. The van der Waals surface area contributed by atoms with E-state index < -0.39 is 0 Å². The molecule has 0 spiro atoms. The Morgan fingerprint density at radius 3 is 2.69 bits per heavy atom. The summed E-state index contributed by atoms with van der Waals surface area (Å²) in [5, 5.41) is 8.40. The van der Waals surface area contributed by atoms with Crippen molar-refractivity contribution in [3.05, 3.63) is 41.9 Å². The van der Waals surface area contributed by atoms with E-state index in [0.717, 1.165) is 42.5 Å². The first kappa shape index (κ1) is 17.1. The molecule has 2 fully saturated rings. The highest BCUT2D eigenvalue weighted by Crippen LogP contribution is 2.35. The Hall–Kier alpha value is -2.31. The molecule has 1 aromatic heterocycles. The highest BCUT2D eigenvalue weighted by Gasteiger charge is 2.29. The summed E-state index contributed by atoms with van der Waals surface area (Å²) < 4.78 is 0. The van der Waals surface area contributed by atoms with Crippen LogP contribution in [0.5, 0.6) is 0 Å². The van der Waals surface area contributed by atoms with Gasteiger partial charge in [0.25, 0.3) is 0 Å². The van der Waals surface area contributed by atoms with Crippen molar-refractivity contribution in [1.82, 2.24) is 20.3 Å². The summed E-state index contributed by atoms with van der Waals surface area (Å²) in [6.07, 6.45) is 7.92. The van der Waals surface area contributed by atoms with Crippen molar-refractivity contribution in [2.75, 3.05) is 20.1 Å². The predicted molar refractivity (Wildman–Crippen MR) is 105 cm³/mol. The number of nitrogens with zero attached hydrogens (tertiary/aromatic N) is 3. The quantitative estimate of drug-likeness (QED) is 0.438. The third-order valence-electron chi connectivity index (χ3n) is 5.54. The zero-order valence-corrected chi connectivity index (χ0v) is 15.2. The number of hydrogen-bond acceptors (Lipinski definition) is 6. The Bertz CT molecular complexity index is 847. The van der Waals surface area contributed by atoms with E-state index in [2.05, 4.69) is 40.6 Å². The van der Waals surface area contributed by atoms with Crippen molar-refractivity contribution in [3.63, 3.8) is 0 Å². The van der Waals surface area contributed by atoms with E-state index in [0.29, 0.717) is 23.2 Å². The van der Waals surface area contributed by atoms with Crippen LogP contribution in [0, 0.1) is 11.3 Å². The molecule has 2 aromatic rings. The summed E-state index contributed by atoms with van der Waals surface area (Å²) in [6.45, 7) is 2.28. The highest BCUT2D eigenvalue weighted by atomic mass is 15.2. The second kappa shape index (κ2) is 7.13. The molecule has 0 bridgehead atoms. The summed E-state index contributed by atoms with van der Waals surface area (Å²) in [5.41, 5.74) is 7.76. The van der Waals surface area contributed by atoms with E-state index in [4.69, 9.17) is 16.2 Å². The van der Waals surface area contributed by atoms with Crippen LogP contribution in [0.3, 0.4) is 0 Å². The Kier molecular flexibility index (Phi) is 4.70. The number of nitrogens with two attached hydrogens (primary N) is 1.